The number of aryl methyl sites for hydroxylation is 2. The van der Waals surface area contributed by atoms with Crippen LogP contribution in [-0.4, -0.2) is 28.5 Å². The van der Waals surface area contributed by atoms with Crippen molar-refractivity contribution in [2.75, 3.05) is 13.1 Å². The van der Waals surface area contributed by atoms with E-state index < -0.39 is 0 Å². The molecule has 2 aliphatic heterocycles. The molecule has 2 unspecified atom stereocenters. The predicted octanol–water partition coefficient (Wildman–Crippen LogP) is 3.72. The van der Waals surface area contributed by atoms with Gasteiger partial charge in [-0.25, -0.2) is 0 Å². The molecule has 5 rings (SSSR count). The Hall–Kier alpha value is -2.82. The Morgan fingerprint density at radius 1 is 1.18 bits per heavy atom. The number of amides is 1. The molecule has 0 saturated carbocycles. The smallest absolute Gasteiger partial charge is 0.289 e. The summed E-state index contributed by atoms with van der Waals surface area (Å²) in [5.74, 6) is 0.940. The maximum absolute atomic E-state index is 13.3. The maximum atomic E-state index is 13.3. The molecule has 1 fully saturated rings. The van der Waals surface area contributed by atoms with E-state index in [2.05, 4.69) is 19.1 Å². The third-order valence-corrected chi connectivity index (χ3v) is 6.37. The Morgan fingerprint density at radius 3 is 2.86 bits per heavy atom. The summed E-state index contributed by atoms with van der Waals surface area (Å²) in [5.41, 5.74) is 4.04. The van der Waals surface area contributed by atoms with Crippen LogP contribution in [0.3, 0.4) is 0 Å². The van der Waals surface area contributed by atoms with E-state index in [4.69, 9.17) is 4.42 Å². The van der Waals surface area contributed by atoms with E-state index in [0.29, 0.717) is 31.3 Å². The number of hydrogen-bond acceptors (Lipinski definition) is 3. The summed E-state index contributed by atoms with van der Waals surface area (Å²) in [4.78, 5) is 27.4. The number of rotatable bonds is 2. The summed E-state index contributed by atoms with van der Waals surface area (Å²) in [6.45, 7) is 6.09. The molecular weight excluding hydrogens is 352 g/mol. The summed E-state index contributed by atoms with van der Waals surface area (Å²) >= 11 is 0. The lowest BCUT2D eigenvalue weighted by Gasteiger charge is -2.42. The van der Waals surface area contributed by atoms with Crippen molar-refractivity contribution in [3.8, 4) is 0 Å². The lowest BCUT2D eigenvalue weighted by molar-refractivity contribution is 0.0565. The highest BCUT2D eigenvalue weighted by Gasteiger charge is 2.37. The summed E-state index contributed by atoms with van der Waals surface area (Å²) in [5, 5.41) is 1.02. The third-order valence-electron chi connectivity index (χ3n) is 6.37. The number of aromatic nitrogens is 1. The Kier molecular flexibility index (Phi) is 3.93. The predicted molar refractivity (Wildman–Crippen MR) is 108 cm³/mol. The highest BCUT2D eigenvalue weighted by atomic mass is 16.3. The highest BCUT2D eigenvalue weighted by Crippen LogP contribution is 2.36. The van der Waals surface area contributed by atoms with Gasteiger partial charge in [0, 0.05) is 48.3 Å². The topological polar surface area (TPSA) is 55.5 Å². The van der Waals surface area contributed by atoms with Crippen molar-refractivity contribution in [3.05, 3.63) is 69.3 Å². The van der Waals surface area contributed by atoms with Gasteiger partial charge in [-0.1, -0.05) is 19.1 Å². The zero-order valence-corrected chi connectivity index (χ0v) is 16.3. The maximum Gasteiger partial charge on any atom is 0.289 e. The van der Waals surface area contributed by atoms with Crippen molar-refractivity contribution in [1.29, 1.82) is 0 Å². The molecule has 1 saturated heterocycles. The molecule has 2 aromatic heterocycles. The molecule has 2 atom stereocenters. The fraction of sp³-hybridized carbons (Fsp3) is 0.391. The van der Waals surface area contributed by atoms with Crippen molar-refractivity contribution in [1.82, 2.24) is 9.47 Å². The van der Waals surface area contributed by atoms with Crippen LogP contribution in [0.15, 0.2) is 45.6 Å². The van der Waals surface area contributed by atoms with Crippen LogP contribution in [0, 0.1) is 12.8 Å². The molecule has 1 amide bonds. The van der Waals surface area contributed by atoms with Crippen LogP contribution in [0.5, 0.6) is 0 Å². The minimum absolute atomic E-state index is 0.0341. The number of piperidine rings is 1. The van der Waals surface area contributed by atoms with Gasteiger partial charge in [0.1, 0.15) is 5.58 Å². The molecule has 0 spiro atoms. The SMILES string of the molecule is CCc1ccc2oc(C(=O)N3CC4CC(C3)c3cccc(=O)n3C4)c(C)c2c1. The first-order valence-electron chi connectivity index (χ1n) is 10.1. The molecule has 0 N–H and O–H groups in total. The molecule has 1 aromatic carbocycles. The van der Waals surface area contributed by atoms with Crippen molar-refractivity contribution in [3.63, 3.8) is 0 Å². The van der Waals surface area contributed by atoms with Gasteiger partial charge in [-0.3, -0.25) is 9.59 Å². The Balaban J connectivity index is 1.48. The molecule has 5 nitrogen and oxygen atoms in total. The molecule has 28 heavy (non-hydrogen) atoms. The summed E-state index contributed by atoms with van der Waals surface area (Å²) in [7, 11) is 0. The average Bonchev–Trinajstić information content (AvgIpc) is 3.04. The average molecular weight is 376 g/mol. The van der Waals surface area contributed by atoms with E-state index in [1.807, 2.05) is 34.6 Å². The zero-order valence-electron chi connectivity index (χ0n) is 16.3. The summed E-state index contributed by atoms with van der Waals surface area (Å²) < 4.78 is 7.87. The lowest BCUT2D eigenvalue weighted by atomic mass is 9.83. The monoisotopic (exact) mass is 376 g/mol. The third kappa shape index (κ3) is 2.60. The molecule has 2 bridgehead atoms. The van der Waals surface area contributed by atoms with Gasteiger partial charge in [0.2, 0.25) is 0 Å². The Morgan fingerprint density at radius 2 is 2.04 bits per heavy atom. The van der Waals surface area contributed by atoms with E-state index in [9.17, 15) is 9.59 Å². The van der Waals surface area contributed by atoms with Crippen LogP contribution in [0.25, 0.3) is 11.0 Å². The highest BCUT2D eigenvalue weighted by molar-refractivity contribution is 5.99. The first-order chi connectivity index (χ1) is 13.5. The zero-order chi connectivity index (χ0) is 19.4. The minimum atomic E-state index is -0.0341. The standard InChI is InChI=1S/C23H24N2O3/c1-3-15-7-8-20-18(10-15)14(2)22(28-20)23(27)24-11-16-9-17(13-24)19-5-4-6-21(26)25(19)12-16/h4-8,10,16-17H,3,9,11-13H2,1-2H3. The van der Waals surface area contributed by atoms with Crippen molar-refractivity contribution in [2.24, 2.45) is 5.92 Å². The second-order valence-electron chi connectivity index (χ2n) is 8.15. The van der Waals surface area contributed by atoms with Gasteiger partial charge in [0.25, 0.3) is 11.5 Å². The molecule has 0 radical (unpaired) electrons. The quantitative estimate of drug-likeness (QED) is 0.685. The number of hydrogen-bond donors (Lipinski definition) is 0. The van der Waals surface area contributed by atoms with E-state index in [1.54, 1.807) is 6.07 Å². The molecule has 3 aromatic rings. The first-order valence-corrected chi connectivity index (χ1v) is 10.1. The molecule has 144 valence electrons. The number of fused-ring (bicyclic) bond motifs is 5. The number of nitrogens with zero attached hydrogens (tertiary/aromatic N) is 2. The van der Waals surface area contributed by atoms with Crippen LogP contribution < -0.4 is 5.56 Å². The molecule has 2 aliphatic rings. The first kappa shape index (κ1) is 17.3. The van der Waals surface area contributed by atoms with Crippen LogP contribution in [-0.2, 0) is 13.0 Å². The summed E-state index contributed by atoms with van der Waals surface area (Å²) in [6.07, 6.45) is 1.99. The van der Waals surface area contributed by atoms with Crippen molar-refractivity contribution >= 4 is 16.9 Å². The van der Waals surface area contributed by atoms with Crippen molar-refractivity contribution < 1.29 is 9.21 Å². The number of carbonyl (C=O) groups excluding carboxylic acids is 1. The Labute approximate surface area is 163 Å². The van der Waals surface area contributed by atoms with Gasteiger partial charge in [0.15, 0.2) is 5.76 Å². The van der Waals surface area contributed by atoms with Crippen LogP contribution >= 0.6 is 0 Å². The van der Waals surface area contributed by atoms with Gasteiger partial charge in [-0.2, -0.15) is 0 Å². The van der Waals surface area contributed by atoms with Gasteiger partial charge in [0.05, 0.1) is 0 Å². The normalized spacial score (nSPS) is 21.0. The number of benzene rings is 1. The van der Waals surface area contributed by atoms with E-state index in [1.165, 1.54) is 5.56 Å². The molecule has 4 heterocycles. The number of furan rings is 1. The minimum Gasteiger partial charge on any atom is -0.451 e. The largest absolute Gasteiger partial charge is 0.451 e. The van der Waals surface area contributed by atoms with Crippen LogP contribution in [0.2, 0.25) is 0 Å². The van der Waals surface area contributed by atoms with Gasteiger partial charge < -0.3 is 13.9 Å². The number of likely N-dealkylation sites (tertiary alicyclic amines) is 1. The fourth-order valence-corrected chi connectivity index (χ4v) is 4.90. The van der Waals surface area contributed by atoms with Gasteiger partial charge in [-0.05, 0) is 49.4 Å². The van der Waals surface area contributed by atoms with E-state index in [-0.39, 0.29) is 17.4 Å². The number of pyridine rings is 1. The van der Waals surface area contributed by atoms with Crippen LogP contribution in [0.4, 0.5) is 0 Å². The fourth-order valence-electron chi connectivity index (χ4n) is 4.90. The van der Waals surface area contributed by atoms with E-state index >= 15 is 0 Å². The van der Waals surface area contributed by atoms with Gasteiger partial charge >= 0.3 is 0 Å². The van der Waals surface area contributed by atoms with Crippen LogP contribution in [0.1, 0.15) is 46.6 Å². The second-order valence-corrected chi connectivity index (χ2v) is 8.15. The number of carbonyl (C=O) groups is 1. The molecule has 0 aliphatic carbocycles. The van der Waals surface area contributed by atoms with Gasteiger partial charge in [-0.15, -0.1) is 0 Å². The second kappa shape index (κ2) is 6.36. The molecule has 5 heteroatoms. The Bertz CT molecular complexity index is 1140. The molecular formula is C23H24N2O3. The lowest BCUT2D eigenvalue weighted by Crippen LogP contribution is -2.49. The van der Waals surface area contributed by atoms with E-state index in [0.717, 1.165) is 35.1 Å². The summed E-state index contributed by atoms with van der Waals surface area (Å²) in [6, 6.07) is 11.6. The van der Waals surface area contributed by atoms with Crippen molar-refractivity contribution in [2.45, 2.75) is 39.2 Å².